The Bertz CT molecular complexity index is 466. The minimum absolute atomic E-state index is 0.782. The first-order valence-corrected chi connectivity index (χ1v) is 5.18. The van der Waals surface area contributed by atoms with E-state index in [1.807, 2.05) is 18.2 Å². The molecule has 0 saturated carbocycles. The van der Waals surface area contributed by atoms with Crippen LogP contribution in [0.3, 0.4) is 0 Å². The van der Waals surface area contributed by atoms with E-state index in [2.05, 4.69) is 15.9 Å². The highest BCUT2D eigenvalue weighted by atomic mass is 79.9. The maximum Gasteiger partial charge on any atom is 0.148 e. The van der Waals surface area contributed by atoms with Gasteiger partial charge < -0.3 is 9.52 Å². The molecule has 0 saturated heterocycles. The maximum atomic E-state index is 9.89. The van der Waals surface area contributed by atoms with E-state index in [0.29, 0.717) is 0 Å². The van der Waals surface area contributed by atoms with Crippen LogP contribution >= 0.6 is 15.9 Å². The molecule has 0 aliphatic carbocycles. The van der Waals surface area contributed by atoms with E-state index < -0.39 is 5.60 Å². The predicted molar refractivity (Wildman–Crippen MR) is 59.2 cm³/mol. The third-order valence-electron chi connectivity index (χ3n) is 2.21. The molecule has 0 amide bonds. The minimum atomic E-state index is -0.869. The highest BCUT2D eigenvalue weighted by Gasteiger charge is 2.21. The summed E-state index contributed by atoms with van der Waals surface area (Å²) in [7, 11) is 0. The molecule has 3 heteroatoms. The molecule has 1 N–H and O–H groups in total. The molecule has 0 fully saturated rings. The van der Waals surface area contributed by atoms with Crippen LogP contribution in [0.5, 0.6) is 0 Å². The molecule has 74 valence electrons. The van der Waals surface area contributed by atoms with Crippen molar-refractivity contribution >= 4 is 26.9 Å². The predicted octanol–water partition coefficient (Wildman–Crippen LogP) is 3.42. The first-order chi connectivity index (χ1) is 6.50. The van der Waals surface area contributed by atoms with E-state index in [1.54, 1.807) is 20.1 Å². The highest BCUT2D eigenvalue weighted by molar-refractivity contribution is 9.10. The summed E-state index contributed by atoms with van der Waals surface area (Å²) in [4.78, 5) is 0. The van der Waals surface area contributed by atoms with Crippen LogP contribution in [0.2, 0.25) is 0 Å². The van der Waals surface area contributed by atoms with E-state index in [0.717, 1.165) is 21.0 Å². The minimum Gasteiger partial charge on any atom is -0.463 e. The van der Waals surface area contributed by atoms with Gasteiger partial charge in [-0.05, 0) is 35.8 Å². The first-order valence-electron chi connectivity index (χ1n) is 4.39. The summed E-state index contributed by atoms with van der Waals surface area (Å²) in [5, 5.41) is 10.8. The van der Waals surface area contributed by atoms with Crippen LogP contribution in [0.4, 0.5) is 0 Å². The lowest BCUT2D eigenvalue weighted by Gasteiger charge is -2.14. The van der Waals surface area contributed by atoms with Gasteiger partial charge in [0, 0.05) is 10.9 Å². The van der Waals surface area contributed by atoms with Crippen molar-refractivity contribution in [1.82, 2.24) is 0 Å². The second kappa shape index (κ2) is 3.11. The number of fused-ring (bicyclic) bond motifs is 1. The molecule has 0 aliphatic heterocycles. The summed E-state index contributed by atoms with van der Waals surface area (Å²) in [5.41, 5.74) is 0.727. The topological polar surface area (TPSA) is 33.4 Å². The third-order valence-corrected chi connectivity index (χ3v) is 2.84. The van der Waals surface area contributed by atoms with Gasteiger partial charge in [0.1, 0.15) is 5.58 Å². The largest absolute Gasteiger partial charge is 0.463 e. The summed E-state index contributed by atoms with van der Waals surface area (Å²) in [6.07, 6.45) is 1.61. The zero-order valence-electron chi connectivity index (χ0n) is 8.04. The molecule has 1 aromatic carbocycles. The van der Waals surface area contributed by atoms with Crippen molar-refractivity contribution in [3.63, 3.8) is 0 Å². The monoisotopic (exact) mass is 254 g/mol. The van der Waals surface area contributed by atoms with Gasteiger partial charge in [0.2, 0.25) is 0 Å². The van der Waals surface area contributed by atoms with Crippen LogP contribution in [-0.2, 0) is 5.60 Å². The highest BCUT2D eigenvalue weighted by Crippen LogP contribution is 2.33. The third kappa shape index (κ3) is 1.47. The van der Waals surface area contributed by atoms with Crippen molar-refractivity contribution in [2.75, 3.05) is 0 Å². The summed E-state index contributed by atoms with van der Waals surface area (Å²) in [5.74, 6) is 0. The van der Waals surface area contributed by atoms with E-state index in [1.165, 1.54) is 0 Å². The Morgan fingerprint density at radius 2 is 2.07 bits per heavy atom. The Labute approximate surface area is 90.7 Å². The molecule has 1 heterocycles. The van der Waals surface area contributed by atoms with Gasteiger partial charge in [-0.3, -0.25) is 0 Å². The van der Waals surface area contributed by atoms with Gasteiger partial charge in [-0.2, -0.15) is 0 Å². The SMILES string of the molecule is CC(C)(O)c1coc2c(Br)cccc12. The molecule has 0 radical (unpaired) electrons. The van der Waals surface area contributed by atoms with Gasteiger partial charge in [0.15, 0.2) is 0 Å². The molecule has 2 aromatic rings. The maximum absolute atomic E-state index is 9.89. The number of rotatable bonds is 1. The van der Waals surface area contributed by atoms with Crippen molar-refractivity contribution in [1.29, 1.82) is 0 Å². The van der Waals surface area contributed by atoms with Crippen molar-refractivity contribution in [2.24, 2.45) is 0 Å². The quantitative estimate of drug-likeness (QED) is 0.846. The Morgan fingerprint density at radius 1 is 1.36 bits per heavy atom. The fourth-order valence-electron chi connectivity index (χ4n) is 1.50. The average Bonchev–Trinajstić information content (AvgIpc) is 2.47. The summed E-state index contributed by atoms with van der Waals surface area (Å²) in [6, 6.07) is 5.79. The summed E-state index contributed by atoms with van der Waals surface area (Å²) >= 11 is 3.40. The number of hydrogen-bond acceptors (Lipinski definition) is 2. The molecule has 2 nitrogen and oxygen atoms in total. The number of aliphatic hydroxyl groups is 1. The average molecular weight is 255 g/mol. The van der Waals surface area contributed by atoms with Gasteiger partial charge in [-0.15, -0.1) is 0 Å². The standard InChI is InChI=1S/C11H11BrO2/c1-11(2,13)8-6-14-10-7(8)4-3-5-9(10)12/h3-6,13H,1-2H3. The number of halogens is 1. The first kappa shape index (κ1) is 9.74. The van der Waals surface area contributed by atoms with E-state index >= 15 is 0 Å². The number of furan rings is 1. The lowest BCUT2D eigenvalue weighted by molar-refractivity contribution is 0.0792. The van der Waals surface area contributed by atoms with E-state index in [4.69, 9.17) is 4.42 Å². The second-order valence-electron chi connectivity index (χ2n) is 3.82. The number of benzene rings is 1. The molecule has 0 bridgehead atoms. The van der Waals surface area contributed by atoms with Gasteiger partial charge in [0.05, 0.1) is 16.3 Å². The van der Waals surface area contributed by atoms with Crippen LogP contribution in [0.25, 0.3) is 11.0 Å². The number of hydrogen-bond donors (Lipinski definition) is 1. The summed E-state index contributed by atoms with van der Waals surface area (Å²) in [6.45, 7) is 3.50. The van der Waals surface area contributed by atoms with Crippen molar-refractivity contribution in [3.05, 3.63) is 34.5 Å². The zero-order chi connectivity index (χ0) is 10.3. The fraction of sp³-hybridized carbons (Fsp3) is 0.273. The van der Waals surface area contributed by atoms with E-state index in [9.17, 15) is 5.11 Å². The Balaban J connectivity index is 2.76. The number of para-hydroxylation sites is 1. The molecule has 2 rings (SSSR count). The van der Waals surface area contributed by atoms with Crippen LogP contribution < -0.4 is 0 Å². The summed E-state index contributed by atoms with van der Waals surface area (Å²) < 4.78 is 6.31. The molecule has 0 atom stereocenters. The van der Waals surface area contributed by atoms with Crippen molar-refractivity contribution in [2.45, 2.75) is 19.4 Å². The molecule has 0 aliphatic rings. The van der Waals surface area contributed by atoms with Crippen LogP contribution in [0, 0.1) is 0 Å². The molecular weight excluding hydrogens is 244 g/mol. The lowest BCUT2D eigenvalue weighted by atomic mass is 9.98. The van der Waals surface area contributed by atoms with Gasteiger partial charge in [-0.25, -0.2) is 0 Å². The van der Waals surface area contributed by atoms with Crippen LogP contribution in [-0.4, -0.2) is 5.11 Å². The van der Waals surface area contributed by atoms with Gasteiger partial charge in [-0.1, -0.05) is 12.1 Å². The fourth-order valence-corrected chi connectivity index (χ4v) is 1.96. The van der Waals surface area contributed by atoms with Crippen molar-refractivity contribution < 1.29 is 9.52 Å². The second-order valence-corrected chi connectivity index (χ2v) is 4.68. The van der Waals surface area contributed by atoms with Gasteiger partial charge >= 0.3 is 0 Å². The Morgan fingerprint density at radius 3 is 2.71 bits per heavy atom. The van der Waals surface area contributed by atoms with Gasteiger partial charge in [0.25, 0.3) is 0 Å². The molecule has 0 unspecified atom stereocenters. The lowest BCUT2D eigenvalue weighted by Crippen LogP contribution is -2.14. The smallest absolute Gasteiger partial charge is 0.148 e. The molecule has 14 heavy (non-hydrogen) atoms. The normalized spacial score (nSPS) is 12.3. The zero-order valence-corrected chi connectivity index (χ0v) is 9.63. The van der Waals surface area contributed by atoms with Crippen LogP contribution in [0.15, 0.2) is 33.4 Å². The Hall–Kier alpha value is -0.800. The van der Waals surface area contributed by atoms with Crippen LogP contribution in [0.1, 0.15) is 19.4 Å². The van der Waals surface area contributed by atoms with Crippen molar-refractivity contribution in [3.8, 4) is 0 Å². The molecule has 1 aromatic heterocycles. The molecular formula is C11H11BrO2. The Kier molecular flexibility index (Phi) is 2.16. The van der Waals surface area contributed by atoms with E-state index in [-0.39, 0.29) is 0 Å². The molecule has 0 spiro atoms.